The van der Waals surface area contributed by atoms with Crippen molar-refractivity contribution in [2.45, 2.75) is 13.0 Å². The molecule has 0 saturated carbocycles. The molecule has 0 spiro atoms. The van der Waals surface area contributed by atoms with Crippen molar-refractivity contribution in [1.29, 1.82) is 0 Å². The Kier molecular flexibility index (Phi) is 3.27. The van der Waals surface area contributed by atoms with E-state index in [1.165, 1.54) is 5.56 Å². The van der Waals surface area contributed by atoms with E-state index in [0.29, 0.717) is 17.0 Å². The Bertz CT molecular complexity index is 928. The van der Waals surface area contributed by atoms with Crippen LogP contribution in [-0.2, 0) is 13.0 Å². The molecule has 0 saturated heterocycles. The Morgan fingerprint density at radius 3 is 2.70 bits per heavy atom. The monoisotopic (exact) mass is 305 g/mol. The first-order chi connectivity index (χ1) is 11.3. The van der Waals surface area contributed by atoms with Gasteiger partial charge < -0.3 is 14.7 Å². The van der Waals surface area contributed by atoms with Crippen molar-refractivity contribution in [3.63, 3.8) is 0 Å². The number of nitrogens with two attached hydrogens (primary N) is 1. The maximum atomic E-state index is 5.86. The summed E-state index contributed by atoms with van der Waals surface area (Å²) in [6, 6.07) is 14.0. The molecule has 0 unspecified atom stereocenters. The Morgan fingerprint density at radius 1 is 1.04 bits per heavy atom. The zero-order chi connectivity index (χ0) is 15.6. The molecule has 6 heteroatoms. The van der Waals surface area contributed by atoms with Crippen LogP contribution in [0.2, 0.25) is 0 Å². The maximum absolute atomic E-state index is 5.86. The summed E-state index contributed by atoms with van der Waals surface area (Å²) in [5.74, 6) is 0.850. The second kappa shape index (κ2) is 5.57. The van der Waals surface area contributed by atoms with Gasteiger partial charge in [0.15, 0.2) is 11.4 Å². The highest BCUT2D eigenvalue weighted by molar-refractivity contribution is 5.86. The van der Waals surface area contributed by atoms with Crippen molar-refractivity contribution in [2.75, 3.05) is 5.73 Å². The van der Waals surface area contributed by atoms with Crippen molar-refractivity contribution >= 4 is 17.1 Å². The first kappa shape index (κ1) is 13.5. The lowest BCUT2D eigenvalue weighted by Gasteiger charge is -2.05. The van der Waals surface area contributed by atoms with Gasteiger partial charge in [-0.05, 0) is 24.1 Å². The number of hydrogen-bond acceptors (Lipinski definition) is 5. The highest BCUT2D eigenvalue weighted by atomic mass is 16.3. The molecule has 114 valence electrons. The summed E-state index contributed by atoms with van der Waals surface area (Å²) in [6.07, 6.45) is 4.27. The summed E-state index contributed by atoms with van der Waals surface area (Å²) in [4.78, 5) is 13.1. The minimum atomic E-state index is 0.213. The molecule has 0 aliphatic carbocycles. The molecule has 1 aromatic carbocycles. The van der Waals surface area contributed by atoms with E-state index in [-0.39, 0.29) is 5.95 Å². The Labute approximate surface area is 132 Å². The van der Waals surface area contributed by atoms with Crippen molar-refractivity contribution in [3.05, 3.63) is 60.6 Å². The third-order valence-electron chi connectivity index (χ3n) is 3.72. The third-order valence-corrected chi connectivity index (χ3v) is 3.72. The lowest BCUT2D eigenvalue weighted by molar-refractivity contribution is 0.580. The van der Waals surface area contributed by atoms with Crippen LogP contribution < -0.4 is 5.73 Å². The topological polar surface area (TPSA) is 82.8 Å². The van der Waals surface area contributed by atoms with Crippen LogP contribution in [0.25, 0.3) is 22.6 Å². The summed E-state index contributed by atoms with van der Waals surface area (Å²) in [7, 11) is 0. The molecule has 3 aromatic heterocycles. The number of rotatable bonds is 4. The van der Waals surface area contributed by atoms with Gasteiger partial charge in [0.2, 0.25) is 5.95 Å². The van der Waals surface area contributed by atoms with Crippen LogP contribution in [0.5, 0.6) is 0 Å². The molecule has 0 atom stereocenters. The zero-order valence-electron chi connectivity index (χ0n) is 12.4. The van der Waals surface area contributed by atoms with Gasteiger partial charge in [-0.15, -0.1) is 0 Å². The number of furan rings is 1. The number of imidazole rings is 1. The van der Waals surface area contributed by atoms with Crippen molar-refractivity contribution in [2.24, 2.45) is 0 Å². The van der Waals surface area contributed by atoms with Gasteiger partial charge >= 0.3 is 0 Å². The predicted octanol–water partition coefficient (Wildman–Crippen LogP) is 2.91. The number of aryl methyl sites for hydroxylation is 2. The van der Waals surface area contributed by atoms with Gasteiger partial charge in [-0.3, -0.25) is 0 Å². The lowest BCUT2D eigenvalue weighted by Crippen LogP contribution is -2.04. The van der Waals surface area contributed by atoms with Crippen LogP contribution in [0.3, 0.4) is 0 Å². The highest BCUT2D eigenvalue weighted by Gasteiger charge is 2.15. The molecule has 4 aromatic rings. The number of hydrogen-bond donors (Lipinski definition) is 1. The van der Waals surface area contributed by atoms with E-state index in [2.05, 4.69) is 27.1 Å². The molecule has 0 amide bonds. The number of nitrogens with zero attached hydrogens (tertiary/aromatic N) is 4. The number of fused-ring (bicyclic) bond motifs is 1. The number of anilines is 1. The van der Waals surface area contributed by atoms with Crippen molar-refractivity contribution in [1.82, 2.24) is 19.5 Å². The Morgan fingerprint density at radius 2 is 1.91 bits per heavy atom. The van der Waals surface area contributed by atoms with E-state index >= 15 is 0 Å². The number of benzene rings is 1. The quantitative estimate of drug-likeness (QED) is 0.627. The molecule has 0 aliphatic rings. The Balaban J connectivity index is 1.72. The van der Waals surface area contributed by atoms with Crippen molar-refractivity contribution in [3.8, 4) is 11.5 Å². The smallest absolute Gasteiger partial charge is 0.222 e. The van der Waals surface area contributed by atoms with E-state index in [1.54, 1.807) is 12.6 Å². The molecule has 0 aliphatic heterocycles. The summed E-state index contributed by atoms with van der Waals surface area (Å²) in [5.41, 5.74) is 9.17. The second-order valence-corrected chi connectivity index (χ2v) is 5.25. The summed E-state index contributed by atoms with van der Waals surface area (Å²) >= 11 is 0. The fraction of sp³-hybridized carbons (Fsp3) is 0.118. The minimum absolute atomic E-state index is 0.213. The van der Waals surface area contributed by atoms with Crippen LogP contribution in [0.4, 0.5) is 5.95 Å². The average Bonchev–Trinajstić information content (AvgIpc) is 3.23. The minimum Gasteiger partial charge on any atom is -0.463 e. The molecule has 4 rings (SSSR count). The van der Waals surface area contributed by atoms with E-state index in [4.69, 9.17) is 10.2 Å². The van der Waals surface area contributed by atoms with Gasteiger partial charge in [0.05, 0.1) is 12.6 Å². The molecular formula is C17H15N5O. The largest absolute Gasteiger partial charge is 0.463 e. The maximum Gasteiger partial charge on any atom is 0.222 e. The standard InChI is InChI=1S/C17H15N5O/c18-17-20-14(13-7-4-10-23-13)15-16(21-17)22(11-19-15)9-8-12-5-2-1-3-6-12/h1-7,10-11H,8-9H2,(H2,18,20,21). The van der Waals surface area contributed by atoms with E-state index in [0.717, 1.165) is 18.6 Å². The molecule has 6 nitrogen and oxygen atoms in total. The van der Waals surface area contributed by atoms with Crippen LogP contribution in [0.15, 0.2) is 59.5 Å². The second-order valence-electron chi connectivity index (χ2n) is 5.25. The molecule has 3 heterocycles. The van der Waals surface area contributed by atoms with Crippen LogP contribution in [0.1, 0.15) is 5.56 Å². The summed E-state index contributed by atoms with van der Waals surface area (Å²) in [5, 5.41) is 0. The van der Waals surface area contributed by atoms with Gasteiger partial charge in [-0.1, -0.05) is 30.3 Å². The van der Waals surface area contributed by atoms with E-state index < -0.39 is 0 Å². The Hall–Kier alpha value is -3.15. The van der Waals surface area contributed by atoms with Gasteiger partial charge in [0.25, 0.3) is 0 Å². The fourth-order valence-electron chi connectivity index (χ4n) is 2.60. The van der Waals surface area contributed by atoms with Crippen molar-refractivity contribution < 1.29 is 4.42 Å². The molecule has 2 N–H and O–H groups in total. The molecule has 23 heavy (non-hydrogen) atoms. The lowest BCUT2D eigenvalue weighted by atomic mass is 10.1. The van der Waals surface area contributed by atoms with Gasteiger partial charge in [0.1, 0.15) is 11.2 Å². The van der Waals surface area contributed by atoms with Crippen LogP contribution in [0, 0.1) is 0 Å². The summed E-state index contributed by atoms with van der Waals surface area (Å²) < 4.78 is 7.42. The fourth-order valence-corrected chi connectivity index (χ4v) is 2.60. The molecule has 0 bridgehead atoms. The predicted molar refractivity (Wildman–Crippen MR) is 87.6 cm³/mol. The molecular weight excluding hydrogens is 290 g/mol. The normalized spacial score (nSPS) is 11.1. The average molecular weight is 305 g/mol. The number of nitrogen functional groups attached to an aromatic ring is 1. The van der Waals surface area contributed by atoms with Gasteiger partial charge in [-0.2, -0.15) is 4.98 Å². The first-order valence-corrected chi connectivity index (χ1v) is 7.37. The van der Waals surface area contributed by atoms with Crippen LogP contribution in [-0.4, -0.2) is 19.5 Å². The zero-order valence-corrected chi connectivity index (χ0v) is 12.4. The highest BCUT2D eigenvalue weighted by Crippen LogP contribution is 2.26. The molecule has 0 fully saturated rings. The van der Waals surface area contributed by atoms with Crippen LogP contribution >= 0.6 is 0 Å². The van der Waals surface area contributed by atoms with Gasteiger partial charge in [-0.25, -0.2) is 9.97 Å². The number of aromatic nitrogens is 4. The third kappa shape index (κ3) is 2.55. The molecule has 0 radical (unpaired) electrons. The SMILES string of the molecule is Nc1nc(-c2ccco2)c2ncn(CCc3ccccc3)c2n1. The first-order valence-electron chi connectivity index (χ1n) is 7.37. The summed E-state index contributed by atoms with van der Waals surface area (Å²) in [6.45, 7) is 0.772. The van der Waals surface area contributed by atoms with E-state index in [9.17, 15) is 0 Å². The van der Waals surface area contributed by atoms with Gasteiger partial charge in [0, 0.05) is 6.54 Å². The van der Waals surface area contributed by atoms with E-state index in [1.807, 2.05) is 34.9 Å².